The number of hydrogen-bond donors (Lipinski definition) is 1. The van der Waals surface area contributed by atoms with Gasteiger partial charge in [0.2, 0.25) is 0 Å². The number of amidine groups is 2. The van der Waals surface area contributed by atoms with Crippen LogP contribution in [0.3, 0.4) is 0 Å². The molecule has 0 amide bonds. The van der Waals surface area contributed by atoms with E-state index in [-0.39, 0.29) is 57.2 Å². The molecule has 4 aliphatic heterocycles. The fraction of sp³-hybridized carbons (Fsp3) is 0.448. The third kappa shape index (κ3) is 10.8. The van der Waals surface area contributed by atoms with Gasteiger partial charge in [-0.25, -0.2) is 9.97 Å². The van der Waals surface area contributed by atoms with E-state index in [4.69, 9.17) is 38.4 Å². The molecule has 6 rings (SSSR count). The number of nitrogens with zero attached hydrogens (tertiary/aromatic N) is 10. The van der Waals surface area contributed by atoms with Crippen LogP contribution in [0.1, 0.15) is 36.8 Å². The van der Waals surface area contributed by atoms with Gasteiger partial charge in [0.05, 0.1) is 9.85 Å². The van der Waals surface area contributed by atoms with E-state index < -0.39 is 0 Å². The van der Waals surface area contributed by atoms with E-state index in [1.54, 1.807) is 29.4 Å². The Morgan fingerprint density at radius 1 is 0.800 bits per heavy atom. The molecule has 0 radical (unpaired) electrons. The van der Waals surface area contributed by atoms with Gasteiger partial charge in [-0.3, -0.25) is 20.2 Å². The molecule has 0 saturated carbocycles. The van der Waals surface area contributed by atoms with E-state index in [0.29, 0.717) is 86.3 Å². The zero-order valence-corrected chi connectivity index (χ0v) is 33.7. The van der Waals surface area contributed by atoms with Crippen molar-refractivity contribution in [2.75, 3.05) is 45.3 Å². The van der Waals surface area contributed by atoms with Crippen LogP contribution in [0.25, 0.3) is 0 Å². The second-order valence-electron chi connectivity index (χ2n) is 10.4. The van der Waals surface area contributed by atoms with Gasteiger partial charge in [0.1, 0.15) is 17.4 Å². The van der Waals surface area contributed by atoms with Gasteiger partial charge in [0.15, 0.2) is 23.3 Å². The molecule has 0 spiro atoms. The molecule has 2 aromatic rings. The van der Waals surface area contributed by atoms with Crippen molar-refractivity contribution in [2.45, 2.75) is 38.8 Å². The Kier molecular flexibility index (Phi) is 18.5. The number of nitro groups is 2. The van der Waals surface area contributed by atoms with Crippen LogP contribution in [0.15, 0.2) is 70.0 Å². The number of halogens is 3. The van der Waals surface area contributed by atoms with Crippen LogP contribution < -0.4 is 34.7 Å². The number of alkyl halides is 1. The van der Waals surface area contributed by atoms with Gasteiger partial charge in [0, 0.05) is 77.3 Å². The predicted molar refractivity (Wildman–Crippen MR) is 189 cm³/mol. The molecule has 2 fully saturated rings. The average molecular weight is 857 g/mol. The molecule has 1 N–H and O–H groups in total. The molecule has 6 heterocycles. The summed E-state index contributed by atoms with van der Waals surface area (Å²) in [5, 5.41) is 48.1. The zero-order valence-electron chi connectivity index (χ0n) is 28.0. The minimum Gasteiger partial charge on any atom is -0.857 e. The number of pyridine rings is 2. The Hall–Kier alpha value is -3.01. The van der Waals surface area contributed by atoms with Gasteiger partial charge in [0.25, 0.3) is 11.4 Å². The molecule has 2 saturated heterocycles. The number of hydrogen-bond acceptors (Lipinski definition) is 13. The molecule has 0 unspecified atom stereocenters. The number of aromatic nitrogens is 2. The first-order valence-corrected chi connectivity index (χ1v) is 17.7. The normalized spacial score (nSPS) is 17.8. The average Bonchev–Trinajstić information content (AvgIpc) is 3.73. The third-order valence-corrected chi connectivity index (χ3v) is 8.13. The van der Waals surface area contributed by atoms with Gasteiger partial charge in [-0.1, -0.05) is 68.2 Å². The SMILES string of the molecule is CI.CO/N=C1\CCC([N+](=O)[O-])=C2N(Cc3ccc(Cl)nc3)CCN21.C[O-].O=[N+]([O-])C1=C2N(Cc3ccc(Cl)nc3)CCN2/C(=N/O)CC1.[Na+]. The van der Waals surface area contributed by atoms with Gasteiger partial charge >= 0.3 is 29.6 Å². The molecule has 0 aromatic carbocycles. The van der Waals surface area contributed by atoms with E-state index in [9.17, 15) is 20.2 Å². The minimum atomic E-state index is -0.352. The van der Waals surface area contributed by atoms with Crippen LogP contribution in [0.4, 0.5) is 0 Å². The molecule has 2 aromatic heterocycles. The molecular formula is C29H36Cl2IN10NaO7. The van der Waals surface area contributed by atoms with Crippen molar-refractivity contribution in [1.82, 2.24) is 29.6 Å². The number of oxime groups is 2. The zero-order chi connectivity index (χ0) is 36.1. The molecule has 17 nitrogen and oxygen atoms in total. The van der Waals surface area contributed by atoms with E-state index in [0.717, 1.165) is 24.1 Å². The van der Waals surface area contributed by atoms with Crippen molar-refractivity contribution >= 4 is 57.5 Å². The van der Waals surface area contributed by atoms with Crippen molar-refractivity contribution in [1.29, 1.82) is 0 Å². The Labute approximate surface area is 335 Å². The number of fused-ring (bicyclic) bond motifs is 2. The molecule has 21 heteroatoms. The summed E-state index contributed by atoms with van der Waals surface area (Å²) in [5.41, 5.74) is 2.24. The molecular weight excluding hydrogens is 821 g/mol. The molecule has 0 bridgehead atoms. The first kappa shape index (κ1) is 43.2. The largest absolute Gasteiger partial charge is 1.00 e. The molecule has 266 valence electrons. The fourth-order valence-corrected chi connectivity index (χ4v) is 5.96. The first-order chi connectivity index (χ1) is 23.7. The Bertz CT molecular complexity index is 1580. The summed E-state index contributed by atoms with van der Waals surface area (Å²) < 4.78 is 0. The van der Waals surface area contributed by atoms with Crippen molar-refractivity contribution < 1.29 is 54.6 Å². The van der Waals surface area contributed by atoms with Crippen LogP contribution in [0.5, 0.6) is 0 Å². The summed E-state index contributed by atoms with van der Waals surface area (Å²) in [6, 6.07) is 7.12. The van der Waals surface area contributed by atoms with E-state index in [1.165, 1.54) is 7.11 Å². The number of allylic oxidation sites excluding steroid dienone is 2. The van der Waals surface area contributed by atoms with Gasteiger partial charge in [-0.15, -0.1) is 0 Å². The molecule has 0 atom stereocenters. The van der Waals surface area contributed by atoms with Crippen molar-refractivity contribution in [3.8, 4) is 0 Å². The summed E-state index contributed by atoms with van der Waals surface area (Å²) in [5.74, 6) is 2.31. The maximum absolute atomic E-state index is 11.4. The Balaban J connectivity index is 0.000000310. The van der Waals surface area contributed by atoms with Crippen LogP contribution in [-0.4, -0.2) is 102 Å². The van der Waals surface area contributed by atoms with Gasteiger partial charge in [-0.05, 0) is 28.2 Å². The second-order valence-corrected chi connectivity index (χ2v) is 11.2. The van der Waals surface area contributed by atoms with Crippen LogP contribution in [0.2, 0.25) is 10.3 Å². The first-order valence-electron chi connectivity index (χ1n) is 14.8. The minimum absolute atomic E-state index is 0. The summed E-state index contributed by atoms with van der Waals surface area (Å²) in [4.78, 5) is 44.4. The Morgan fingerprint density at radius 3 is 1.58 bits per heavy atom. The quantitative estimate of drug-likeness (QED) is 0.0786. The van der Waals surface area contributed by atoms with Crippen molar-refractivity contribution in [3.05, 3.63) is 101 Å². The van der Waals surface area contributed by atoms with E-state index in [1.807, 2.05) is 31.8 Å². The van der Waals surface area contributed by atoms with Crippen molar-refractivity contribution in [2.24, 2.45) is 10.3 Å². The van der Waals surface area contributed by atoms with Crippen LogP contribution >= 0.6 is 45.8 Å². The van der Waals surface area contributed by atoms with Crippen LogP contribution in [-0.2, 0) is 17.9 Å². The molecule has 50 heavy (non-hydrogen) atoms. The second kappa shape index (κ2) is 21.4. The predicted octanol–water partition coefficient (Wildman–Crippen LogP) is 0.964. The summed E-state index contributed by atoms with van der Waals surface area (Å²) in [6.45, 7) is 3.54. The van der Waals surface area contributed by atoms with Crippen molar-refractivity contribution in [3.63, 3.8) is 0 Å². The standard InChI is InChI=1S/C14H16ClN5O3.C13H14ClN5O3.CH3I.CH3O.Na/c1-23-17-13-5-3-11(20(21)22)14-18(6-7-19(13)14)9-10-2-4-12(15)16-8-10;14-11-3-1-9(7-15-11)8-17-5-6-18-12(16-20)4-2-10(13(17)18)19(21)22;2*1-2;/h2,4,8H,3,5-7,9H2,1H3;1,3,7,20H,2,4-6,8H2;2*1H3;/q;;;-1;+1/b17-13+;16-12+;;;. The third-order valence-electron chi connectivity index (χ3n) is 7.68. The summed E-state index contributed by atoms with van der Waals surface area (Å²) in [6.07, 6.45) is 4.81. The monoisotopic (exact) mass is 856 g/mol. The van der Waals surface area contributed by atoms with Gasteiger partial charge in [-0.2, -0.15) is 7.11 Å². The maximum atomic E-state index is 11.4. The topological polar surface area (TPSA) is 202 Å². The summed E-state index contributed by atoms with van der Waals surface area (Å²) in [7, 11) is 2.23. The fourth-order valence-electron chi connectivity index (χ4n) is 5.74. The number of rotatable bonds is 7. The molecule has 0 aliphatic carbocycles. The maximum Gasteiger partial charge on any atom is 1.00 e. The smallest absolute Gasteiger partial charge is 0.857 e. The van der Waals surface area contributed by atoms with Gasteiger partial charge < -0.3 is 34.8 Å². The van der Waals surface area contributed by atoms with Crippen LogP contribution in [0, 0.1) is 20.2 Å². The van der Waals surface area contributed by atoms with E-state index >= 15 is 0 Å². The van der Waals surface area contributed by atoms with E-state index in [2.05, 4.69) is 42.9 Å². The summed E-state index contributed by atoms with van der Waals surface area (Å²) >= 11 is 13.7. The molecule has 4 aliphatic rings. The Morgan fingerprint density at radius 2 is 1.22 bits per heavy atom.